The molecule has 2 atom stereocenters. The first kappa shape index (κ1) is 15.3. The molecular formula is C18H25NO3. The second-order valence-corrected chi connectivity index (χ2v) is 6.55. The lowest BCUT2D eigenvalue weighted by molar-refractivity contribution is 0.0746. The van der Waals surface area contributed by atoms with Crippen molar-refractivity contribution in [3.8, 4) is 0 Å². The molecule has 1 saturated carbocycles. The third kappa shape index (κ3) is 3.61. The van der Waals surface area contributed by atoms with Crippen LogP contribution < -0.4 is 0 Å². The normalized spacial score (nSPS) is 26.1. The van der Waals surface area contributed by atoms with Crippen LogP contribution in [0.15, 0.2) is 30.3 Å². The van der Waals surface area contributed by atoms with Crippen molar-refractivity contribution in [1.29, 1.82) is 0 Å². The predicted molar refractivity (Wildman–Crippen MR) is 84.3 cm³/mol. The van der Waals surface area contributed by atoms with Gasteiger partial charge in [0, 0.05) is 6.04 Å². The Bertz CT molecular complexity index is 484. The molecule has 1 aromatic carbocycles. The van der Waals surface area contributed by atoms with Gasteiger partial charge in [-0.15, -0.1) is 0 Å². The molecule has 0 radical (unpaired) electrons. The number of β-amino-alcohol motifs (C(OH)–C–C–N with tert-alkyl or cyclic N) is 1. The number of amides is 1. The molecule has 1 N–H and O–H groups in total. The van der Waals surface area contributed by atoms with Gasteiger partial charge in [-0.1, -0.05) is 49.6 Å². The fourth-order valence-corrected chi connectivity index (χ4v) is 3.82. The molecular weight excluding hydrogens is 278 g/mol. The van der Waals surface area contributed by atoms with E-state index in [1.54, 1.807) is 4.90 Å². The lowest BCUT2D eigenvalue weighted by Gasteiger charge is -2.33. The zero-order chi connectivity index (χ0) is 15.4. The van der Waals surface area contributed by atoms with Gasteiger partial charge in [-0.25, -0.2) is 4.79 Å². The number of carbonyl (C=O) groups excluding carboxylic acids is 1. The van der Waals surface area contributed by atoms with Crippen molar-refractivity contribution in [1.82, 2.24) is 4.90 Å². The number of aliphatic hydroxyl groups is 1. The molecule has 1 amide bonds. The van der Waals surface area contributed by atoms with Crippen LogP contribution in [0, 0.1) is 5.92 Å². The quantitative estimate of drug-likeness (QED) is 0.931. The molecule has 4 nitrogen and oxygen atoms in total. The van der Waals surface area contributed by atoms with Crippen LogP contribution in [0.4, 0.5) is 4.79 Å². The standard InChI is InChI=1S/C18H25NO3/c20-16-11-17(15-9-5-2-6-10-15)19(12-16)18(21)22-13-14-7-3-1-4-8-14/h1,3-4,7-8,15-17,20H,2,5-6,9-13H2. The SMILES string of the molecule is O=C(OCc1ccccc1)N1CC(O)CC1C1CCCCC1. The molecule has 4 heteroatoms. The smallest absolute Gasteiger partial charge is 0.410 e. The minimum Gasteiger partial charge on any atom is -0.445 e. The number of nitrogens with zero attached hydrogens (tertiary/aromatic N) is 1. The Labute approximate surface area is 132 Å². The molecule has 2 unspecified atom stereocenters. The highest BCUT2D eigenvalue weighted by Gasteiger charge is 2.40. The minimum atomic E-state index is -0.406. The van der Waals surface area contributed by atoms with Crippen molar-refractivity contribution in [3.63, 3.8) is 0 Å². The van der Waals surface area contributed by atoms with E-state index in [0.29, 0.717) is 25.5 Å². The predicted octanol–water partition coefficient (Wildman–Crippen LogP) is 3.34. The van der Waals surface area contributed by atoms with Gasteiger partial charge >= 0.3 is 6.09 Å². The number of benzene rings is 1. The van der Waals surface area contributed by atoms with E-state index in [4.69, 9.17) is 4.74 Å². The molecule has 1 aliphatic heterocycles. The lowest BCUT2D eigenvalue weighted by Crippen LogP contribution is -2.41. The van der Waals surface area contributed by atoms with E-state index in [-0.39, 0.29) is 12.1 Å². The largest absolute Gasteiger partial charge is 0.445 e. The average Bonchev–Trinajstić information content (AvgIpc) is 2.96. The van der Waals surface area contributed by atoms with Gasteiger partial charge in [0.05, 0.1) is 12.6 Å². The Balaban J connectivity index is 1.59. The van der Waals surface area contributed by atoms with E-state index in [0.717, 1.165) is 5.56 Å². The van der Waals surface area contributed by atoms with Crippen molar-refractivity contribution in [2.75, 3.05) is 6.54 Å². The second kappa shape index (κ2) is 7.14. The first-order valence-electron chi connectivity index (χ1n) is 8.39. The highest BCUT2D eigenvalue weighted by Crippen LogP contribution is 2.34. The molecule has 1 heterocycles. The maximum Gasteiger partial charge on any atom is 0.410 e. The summed E-state index contributed by atoms with van der Waals surface area (Å²) in [7, 11) is 0. The van der Waals surface area contributed by atoms with Crippen LogP contribution in [0.1, 0.15) is 44.1 Å². The molecule has 1 aromatic rings. The van der Waals surface area contributed by atoms with E-state index in [1.807, 2.05) is 30.3 Å². The van der Waals surface area contributed by atoms with Gasteiger partial charge in [0.2, 0.25) is 0 Å². The van der Waals surface area contributed by atoms with E-state index < -0.39 is 6.10 Å². The Morgan fingerprint density at radius 1 is 1.18 bits per heavy atom. The fraction of sp³-hybridized carbons (Fsp3) is 0.611. The molecule has 0 bridgehead atoms. The van der Waals surface area contributed by atoms with Crippen LogP contribution in [0.25, 0.3) is 0 Å². The van der Waals surface area contributed by atoms with Gasteiger partial charge in [-0.3, -0.25) is 0 Å². The number of hydrogen-bond donors (Lipinski definition) is 1. The van der Waals surface area contributed by atoms with Gasteiger partial charge in [0.1, 0.15) is 6.61 Å². The van der Waals surface area contributed by atoms with E-state index in [9.17, 15) is 9.90 Å². The number of aliphatic hydroxyl groups excluding tert-OH is 1. The number of likely N-dealkylation sites (tertiary alicyclic amines) is 1. The highest BCUT2D eigenvalue weighted by molar-refractivity contribution is 5.68. The van der Waals surface area contributed by atoms with Crippen LogP contribution in [-0.2, 0) is 11.3 Å². The zero-order valence-electron chi connectivity index (χ0n) is 13.0. The molecule has 120 valence electrons. The van der Waals surface area contributed by atoms with Crippen molar-refractivity contribution in [2.45, 2.75) is 57.3 Å². The Morgan fingerprint density at radius 3 is 2.64 bits per heavy atom. The summed E-state index contributed by atoms with van der Waals surface area (Å²) in [6.45, 7) is 0.707. The number of rotatable bonds is 3. The summed E-state index contributed by atoms with van der Waals surface area (Å²) in [4.78, 5) is 14.2. The van der Waals surface area contributed by atoms with Gasteiger partial charge in [0.15, 0.2) is 0 Å². The number of ether oxygens (including phenoxy) is 1. The van der Waals surface area contributed by atoms with Gasteiger partial charge in [-0.05, 0) is 30.7 Å². The van der Waals surface area contributed by atoms with Crippen LogP contribution in [0.3, 0.4) is 0 Å². The highest BCUT2D eigenvalue weighted by atomic mass is 16.6. The maximum atomic E-state index is 12.4. The fourth-order valence-electron chi connectivity index (χ4n) is 3.82. The van der Waals surface area contributed by atoms with Crippen LogP contribution >= 0.6 is 0 Å². The zero-order valence-corrected chi connectivity index (χ0v) is 13.0. The molecule has 1 saturated heterocycles. The third-order valence-corrected chi connectivity index (χ3v) is 4.95. The van der Waals surface area contributed by atoms with E-state index in [1.165, 1.54) is 32.1 Å². The molecule has 2 aliphatic rings. The van der Waals surface area contributed by atoms with Gasteiger partial charge in [0.25, 0.3) is 0 Å². The van der Waals surface area contributed by atoms with Gasteiger partial charge < -0.3 is 14.7 Å². The molecule has 0 spiro atoms. The summed E-state index contributed by atoms with van der Waals surface area (Å²) in [5, 5.41) is 9.99. The van der Waals surface area contributed by atoms with Gasteiger partial charge in [-0.2, -0.15) is 0 Å². The van der Waals surface area contributed by atoms with Crippen molar-refractivity contribution in [2.24, 2.45) is 5.92 Å². The summed E-state index contributed by atoms with van der Waals surface area (Å²) in [6.07, 6.45) is 6.12. The summed E-state index contributed by atoms with van der Waals surface area (Å²) in [5.74, 6) is 0.523. The van der Waals surface area contributed by atoms with E-state index in [2.05, 4.69) is 0 Å². The lowest BCUT2D eigenvalue weighted by atomic mass is 9.83. The summed E-state index contributed by atoms with van der Waals surface area (Å²) >= 11 is 0. The minimum absolute atomic E-state index is 0.151. The Kier molecular flexibility index (Phi) is 4.98. The summed E-state index contributed by atoms with van der Waals surface area (Å²) < 4.78 is 5.46. The topological polar surface area (TPSA) is 49.8 Å². The van der Waals surface area contributed by atoms with Crippen LogP contribution in [-0.4, -0.2) is 34.8 Å². The maximum absolute atomic E-state index is 12.4. The molecule has 1 aliphatic carbocycles. The van der Waals surface area contributed by atoms with Crippen LogP contribution in [0.5, 0.6) is 0 Å². The third-order valence-electron chi connectivity index (χ3n) is 4.95. The molecule has 22 heavy (non-hydrogen) atoms. The Morgan fingerprint density at radius 2 is 1.91 bits per heavy atom. The molecule has 3 rings (SSSR count). The van der Waals surface area contributed by atoms with Crippen LogP contribution in [0.2, 0.25) is 0 Å². The van der Waals surface area contributed by atoms with Crippen molar-refractivity contribution < 1.29 is 14.6 Å². The molecule has 2 fully saturated rings. The number of hydrogen-bond acceptors (Lipinski definition) is 3. The first-order chi connectivity index (χ1) is 10.7. The second-order valence-electron chi connectivity index (χ2n) is 6.55. The monoisotopic (exact) mass is 303 g/mol. The first-order valence-corrected chi connectivity index (χ1v) is 8.39. The van der Waals surface area contributed by atoms with E-state index >= 15 is 0 Å². The number of carbonyl (C=O) groups is 1. The van der Waals surface area contributed by atoms with Crippen molar-refractivity contribution in [3.05, 3.63) is 35.9 Å². The molecule has 0 aromatic heterocycles. The summed E-state index contributed by atoms with van der Waals surface area (Å²) in [6, 6.07) is 9.87. The average molecular weight is 303 g/mol. The van der Waals surface area contributed by atoms with Crippen molar-refractivity contribution >= 4 is 6.09 Å². The Hall–Kier alpha value is -1.55. The summed E-state index contributed by atoms with van der Waals surface area (Å²) in [5.41, 5.74) is 0.991.